The number of rotatable bonds is 7. The Hall–Kier alpha value is -2.05. The number of benzene rings is 2. The molecule has 0 unspecified atom stereocenters. The number of aryl methyl sites for hydroxylation is 1. The summed E-state index contributed by atoms with van der Waals surface area (Å²) in [5.74, 6) is 2.68. The van der Waals surface area contributed by atoms with Crippen molar-refractivity contribution in [2.24, 2.45) is 12.0 Å². The maximum Gasteiger partial charge on any atom is 0.248 e. The molecule has 0 fully saturated rings. The molecule has 26 heavy (non-hydrogen) atoms. The quantitative estimate of drug-likeness (QED) is 0.566. The normalized spacial score (nSPS) is 11.8. The first-order valence-corrected chi connectivity index (χ1v) is 10.5. The summed E-state index contributed by atoms with van der Waals surface area (Å²) in [6.45, 7) is 0. The van der Waals surface area contributed by atoms with Crippen molar-refractivity contribution in [1.82, 2.24) is 4.57 Å². The van der Waals surface area contributed by atoms with E-state index in [9.17, 15) is 4.79 Å². The summed E-state index contributed by atoms with van der Waals surface area (Å²) in [5.41, 5.74) is 2.30. The van der Waals surface area contributed by atoms with E-state index in [1.54, 1.807) is 7.11 Å². The highest BCUT2D eigenvalue weighted by atomic mass is 32.2. The second-order valence-electron chi connectivity index (χ2n) is 5.90. The first-order chi connectivity index (χ1) is 12.7. The highest BCUT2D eigenvalue weighted by Gasteiger charge is 2.09. The number of nitrogens with zero attached hydrogens (tertiary/aromatic N) is 2. The molecule has 0 aliphatic heterocycles. The summed E-state index contributed by atoms with van der Waals surface area (Å²) in [6, 6.07) is 16.3. The minimum Gasteiger partial charge on any atom is -0.495 e. The van der Waals surface area contributed by atoms with Gasteiger partial charge in [0.2, 0.25) is 5.91 Å². The molecular formula is C20H22N2O2S2. The van der Waals surface area contributed by atoms with E-state index in [2.05, 4.69) is 29.3 Å². The molecule has 0 spiro atoms. The van der Waals surface area contributed by atoms with E-state index in [-0.39, 0.29) is 5.91 Å². The molecule has 6 heteroatoms. The number of thiazole rings is 1. The van der Waals surface area contributed by atoms with Crippen molar-refractivity contribution < 1.29 is 9.53 Å². The molecule has 0 bridgehead atoms. The summed E-state index contributed by atoms with van der Waals surface area (Å²) in [7, 11) is 3.57. The van der Waals surface area contributed by atoms with Crippen molar-refractivity contribution in [3.8, 4) is 5.75 Å². The van der Waals surface area contributed by atoms with Crippen molar-refractivity contribution in [3.05, 3.63) is 58.9 Å². The standard InChI is InChI=1S/C20H22N2O2S2/c1-22-19-16(24-2)10-6-11-17(19)26-20(22)21-18(23)12-7-13-25-14-15-8-4-3-5-9-15/h3-6,8-11H,7,12-14H2,1-2H3. The highest BCUT2D eigenvalue weighted by Crippen LogP contribution is 2.26. The van der Waals surface area contributed by atoms with Crippen molar-refractivity contribution >= 4 is 39.2 Å². The zero-order valence-electron chi connectivity index (χ0n) is 15.0. The van der Waals surface area contributed by atoms with Crippen LogP contribution in [0, 0.1) is 0 Å². The van der Waals surface area contributed by atoms with E-state index >= 15 is 0 Å². The first-order valence-electron chi connectivity index (χ1n) is 8.51. The summed E-state index contributed by atoms with van der Waals surface area (Å²) < 4.78 is 8.41. The van der Waals surface area contributed by atoms with Crippen LogP contribution in [-0.4, -0.2) is 23.3 Å². The predicted octanol–water partition coefficient (Wildman–Crippen LogP) is 4.39. The van der Waals surface area contributed by atoms with Gasteiger partial charge in [0, 0.05) is 19.2 Å². The van der Waals surface area contributed by atoms with Gasteiger partial charge in [-0.15, -0.1) is 0 Å². The molecule has 0 saturated carbocycles. The zero-order valence-corrected chi connectivity index (χ0v) is 16.6. The van der Waals surface area contributed by atoms with E-state index in [1.807, 2.05) is 47.6 Å². The molecule has 3 aromatic rings. The third-order valence-corrected chi connectivity index (χ3v) is 6.23. The Morgan fingerprint density at radius 2 is 2.00 bits per heavy atom. The number of hydrogen-bond acceptors (Lipinski definition) is 4. The zero-order chi connectivity index (χ0) is 18.4. The summed E-state index contributed by atoms with van der Waals surface area (Å²) in [5, 5.41) is 0. The van der Waals surface area contributed by atoms with Gasteiger partial charge in [-0.05, 0) is 29.9 Å². The van der Waals surface area contributed by atoms with Gasteiger partial charge >= 0.3 is 0 Å². The third kappa shape index (κ3) is 4.56. The Bertz CT molecular complexity index is 945. The lowest BCUT2D eigenvalue weighted by molar-refractivity contribution is -0.118. The molecule has 4 nitrogen and oxygen atoms in total. The Labute approximate surface area is 161 Å². The number of amides is 1. The minimum absolute atomic E-state index is 0.0635. The van der Waals surface area contributed by atoms with Crippen LogP contribution in [0.4, 0.5) is 0 Å². The second kappa shape index (κ2) is 9.05. The molecule has 0 saturated heterocycles. The Balaban J connectivity index is 1.57. The van der Waals surface area contributed by atoms with Crippen LogP contribution in [0.15, 0.2) is 53.5 Å². The largest absolute Gasteiger partial charge is 0.495 e. The van der Waals surface area contributed by atoms with Crippen LogP contribution in [0.3, 0.4) is 0 Å². The lowest BCUT2D eigenvalue weighted by atomic mass is 10.2. The maximum atomic E-state index is 12.2. The smallest absolute Gasteiger partial charge is 0.248 e. The number of carbonyl (C=O) groups excluding carboxylic acids is 1. The third-order valence-electron chi connectivity index (χ3n) is 4.02. The summed E-state index contributed by atoms with van der Waals surface area (Å²) in [4.78, 5) is 17.2. The van der Waals surface area contributed by atoms with E-state index < -0.39 is 0 Å². The van der Waals surface area contributed by atoms with Gasteiger partial charge in [0.1, 0.15) is 11.3 Å². The highest BCUT2D eigenvalue weighted by molar-refractivity contribution is 7.98. The van der Waals surface area contributed by atoms with Crippen LogP contribution in [0.2, 0.25) is 0 Å². The predicted molar refractivity (Wildman–Crippen MR) is 110 cm³/mol. The van der Waals surface area contributed by atoms with Crippen LogP contribution in [-0.2, 0) is 17.6 Å². The van der Waals surface area contributed by atoms with Crippen LogP contribution in [0.1, 0.15) is 18.4 Å². The molecular weight excluding hydrogens is 364 g/mol. The Morgan fingerprint density at radius 3 is 2.77 bits per heavy atom. The van der Waals surface area contributed by atoms with Crippen molar-refractivity contribution in [2.75, 3.05) is 12.9 Å². The lowest BCUT2D eigenvalue weighted by Gasteiger charge is -2.03. The summed E-state index contributed by atoms with van der Waals surface area (Å²) in [6.07, 6.45) is 1.32. The number of ether oxygens (including phenoxy) is 1. The van der Waals surface area contributed by atoms with E-state index in [0.717, 1.165) is 33.9 Å². The SMILES string of the molecule is COc1cccc2sc(=NC(=O)CCCSCc3ccccc3)n(C)c12. The van der Waals surface area contributed by atoms with Gasteiger partial charge in [0.15, 0.2) is 4.80 Å². The fraction of sp³-hybridized carbons (Fsp3) is 0.300. The number of aromatic nitrogens is 1. The van der Waals surface area contributed by atoms with Crippen LogP contribution < -0.4 is 9.54 Å². The molecule has 1 amide bonds. The molecule has 0 N–H and O–H groups in total. The van der Waals surface area contributed by atoms with Crippen molar-refractivity contribution in [3.63, 3.8) is 0 Å². The van der Waals surface area contributed by atoms with Crippen molar-refractivity contribution in [1.29, 1.82) is 0 Å². The first kappa shape index (κ1) is 18.7. The van der Waals surface area contributed by atoms with Gasteiger partial charge in [0.25, 0.3) is 0 Å². The number of fused-ring (bicyclic) bond motifs is 1. The molecule has 0 atom stereocenters. The number of para-hydroxylation sites is 1. The number of carbonyl (C=O) groups is 1. The van der Waals surface area contributed by atoms with Gasteiger partial charge in [-0.2, -0.15) is 16.8 Å². The monoisotopic (exact) mass is 386 g/mol. The van der Waals surface area contributed by atoms with Crippen molar-refractivity contribution in [2.45, 2.75) is 18.6 Å². The molecule has 0 aliphatic rings. The van der Waals surface area contributed by atoms with Crippen LogP contribution in [0.5, 0.6) is 5.75 Å². The molecule has 1 aromatic heterocycles. The average molecular weight is 387 g/mol. The number of hydrogen-bond donors (Lipinski definition) is 0. The van der Waals surface area contributed by atoms with Gasteiger partial charge in [-0.1, -0.05) is 47.7 Å². The van der Waals surface area contributed by atoms with Gasteiger partial charge < -0.3 is 9.30 Å². The minimum atomic E-state index is -0.0635. The van der Waals surface area contributed by atoms with Crippen LogP contribution >= 0.6 is 23.1 Å². The lowest BCUT2D eigenvalue weighted by Crippen LogP contribution is -2.13. The van der Waals surface area contributed by atoms with Gasteiger partial charge in [-0.25, -0.2) is 0 Å². The Morgan fingerprint density at radius 1 is 1.19 bits per heavy atom. The van der Waals surface area contributed by atoms with E-state index in [0.29, 0.717) is 11.2 Å². The molecule has 136 valence electrons. The number of thioether (sulfide) groups is 1. The number of methoxy groups -OCH3 is 1. The van der Waals surface area contributed by atoms with Crippen LogP contribution in [0.25, 0.3) is 10.2 Å². The van der Waals surface area contributed by atoms with Gasteiger partial charge in [0.05, 0.1) is 11.8 Å². The molecule has 1 heterocycles. The topological polar surface area (TPSA) is 43.6 Å². The molecule has 0 radical (unpaired) electrons. The van der Waals surface area contributed by atoms with E-state index in [4.69, 9.17) is 4.74 Å². The van der Waals surface area contributed by atoms with E-state index in [1.165, 1.54) is 16.9 Å². The second-order valence-corrected chi connectivity index (χ2v) is 8.01. The molecule has 0 aliphatic carbocycles. The molecule has 2 aromatic carbocycles. The fourth-order valence-corrected chi connectivity index (χ4v) is 4.67. The Kier molecular flexibility index (Phi) is 6.52. The fourth-order valence-electron chi connectivity index (χ4n) is 2.69. The maximum absolute atomic E-state index is 12.2. The average Bonchev–Trinajstić information content (AvgIpc) is 2.98. The molecule has 3 rings (SSSR count). The summed E-state index contributed by atoms with van der Waals surface area (Å²) >= 11 is 3.37. The van der Waals surface area contributed by atoms with Gasteiger partial charge in [-0.3, -0.25) is 4.79 Å².